The molecule has 0 fully saturated rings. The maximum Gasteiger partial charge on any atom is 0.266 e. The number of amides is 1. The van der Waals surface area contributed by atoms with E-state index in [1.165, 1.54) is 17.9 Å². The van der Waals surface area contributed by atoms with E-state index >= 15 is 0 Å². The van der Waals surface area contributed by atoms with Gasteiger partial charge in [-0.3, -0.25) is 9.59 Å². The van der Waals surface area contributed by atoms with Crippen LogP contribution in [0.25, 0.3) is 5.82 Å². The zero-order chi connectivity index (χ0) is 19.4. The maximum absolute atomic E-state index is 12.3. The van der Waals surface area contributed by atoms with Crippen molar-refractivity contribution >= 4 is 5.91 Å². The third kappa shape index (κ3) is 4.05. The normalized spacial score (nSPS) is 10.6. The molecule has 2 aromatic heterocycles. The standard InChI is InChI=1S/C19H21N5O3/c1-13-12-14(2)24(21-13)17-8-9-18(25)23(22-17)11-10-20-19(26)15-6-4-5-7-16(15)27-3/h4-9,12H,10-11H2,1-3H3,(H,20,26). The van der Waals surface area contributed by atoms with Crippen molar-refractivity contribution < 1.29 is 9.53 Å². The molecule has 0 radical (unpaired) electrons. The Morgan fingerprint density at radius 2 is 1.93 bits per heavy atom. The molecular weight excluding hydrogens is 346 g/mol. The molecule has 0 saturated heterocycles. The smallest absolute Gasteiger partial charge is 0.266 e. The Labute approximate surface area is 156 Å². The van der Waals surface area contributed by atoms with E-state index in [4.69, 9.17) is 4.74 Å². The molecule has 8 heteroatoms. The first-order chi connectivity index (χ1) is 13.0. The van der Waals surface area contributed by atoms with Crippen LogP contribution in [0.3, 0.4) is 0 Å². The average molecular weight is 367 g/mol. The van der Waals surface area contributed by atoms with Gasteiger partial charge in [0.25, 0.3) is 11.5 Å². The molecule has 0 unspecified atom stereocenters. The van der Waals surface area contributed by atoms with Crippen LogP contribution < -0.4 is 15.6 Å². The number of carbonyl (C=O) groups excluding carboxylic acids is 1. The van der Waals surface area contributed by atoms with Gasteiger partial charge in [-0.1, -0.05) is 12.1 Å². The van der Waals surface area contributed by atoms with E-state index in [0.717, 1.165) is 11.4 Å². The number of rotatable bonds is 6. The molecule has 0 bridgehead atoms. The van der Waals surface area contributed by atoms with Crippen LogP contribution in [0.15, 0.2) is 47.3 Å². The van der Waals surface area contributed by atoms with E-state index in [9.17, 15) is 9.59 Å². The number of nitrogens with one attached hydrogen (secondary N) is 1. The van der Waals surface area contributed by atoms with Gasteiger partial charge in [-0.2, -0.15) is 5.10 Å². The lowest BCUT2D eigenvalue weighted by Crippen LogP contribution is -2.32. The summed E-state index contributed by atoms with van der Waals surface area (Å²) in [6.07, 6.45) is 0. The fraction of sp³-hybridized carbons (Fsp3) is 0.263. The summed E-state index contributed by atoms with van der Waals surface area (Å²) in [4.78, 5) is 24.4. The molecule has 27 heavy (non-hydrogen) atoms. The van der Waals surface area contributed by atoms with E-state index in [-0.39, 0.29) is 24.6 Å². The van der Waals surface area contributed by atoms with Crippen molar-refractivity contribution in [3.05, 3.63) is 69.8 Å². The fourth-order valence-corrected chi connectivity index (χ4v) is 2.77. The van der Waals surface area contributed by atoms with Crippen LogP contribution in [-0.4, -0.2) is 39.1 Å². The first-order valence-electron chi connectivity index (χ1n) is 8.52. The second-order valence-corrected chi connectivity index (χ2v) is 6.05. The lowest BCUT2D eigenvalue weighted by molar-refractivity contribution is 0.0948. The van der Waals surface area contributed by atoms with Gasteiger partial charge in [0.15, 0.2) is 5.82 Å². The lowest BCUT2D eigenvalue weighted by atomic mass is 10.2. The Balaban J connectivity index is 1.71. The van der Waals surface area contributed by atoms with E-state index in [0.29, 0.717) is 17.1 Å². The molecule has 3 rings (SSSR count). The molecule has 0 atom stereocenters. The van der Waals surface area contributed by atoms with Gasteiger partial charge in [-0.25, -0.2) is 9.36 Å². The Hall–Kier alpha value is -3.42. The Morgan fingerprint density at radius 3 is 2.63 bits per heavy atom. The topological polar surface area (TPSA) is 91.0 Å². The summed E-state index contributed by atoms with van der Waals surface area (Å²) in [5.41, 5.74) is 1.99. The molecule has 3 aromatic rings. The van der Waals surface area contributed by atoms with Gasteiger partial charge in [0.05, 0.1) is 24.9 Å². The zero-order valence-electron chi connectivity index (χ0n) is 15.5. The van der Waals surface area contributed by atoms with Crippen LogP contribution in [0.4, 0.5) is 0 Å². The Morgan fingerprint density at radius 1 is 1.15 bits per heavy atom. The summed E-state index contributed by atoms with van der Waals surface area (Å²) in [6, 6.07) is 12.0. The highest BCUT2D eigenvalue weighted by Gasteiger charge is 2.11. The highest BCUT2D eigenvalue weighted by Crippen LogP contribution is 2.16. The average Bonchev–Trinajstić information content (AvgIpc) is 3.01. The second-order valence-electron chi connectivity index (χ2n) is 6.05. The molecule has 0 spiro atoms. The highest BCUT2D eigenvalue weighted by atomic mass is 16.5. The SMILES string of the molecule is COc1ccccc1C(=O)NCCn1nc(-n2nc(C)cc2C)ccc1=O. The summed E-state index contributed by atoms with van der Waals surface area (Å²) >= 11 is 0. The summed E-state index contributed by atoms with van der Waals surface area (Å²) < 4.78 is 8.18. The van der Waals surface area contributed by atoms with E-state index in [1.807, 2.05) is 19.9 Å². The molecule has 1 aromatic carbocycles. The van der Waals surface area contributed by atoms with Crippen LogP contribution >= 0.6 is 0 Å². The van der Waals surface area contributed by atoms with Crippen LogP contribution in [0, 0.1) is 13.8 Å². The fourth-order valence-electron chi connectivity index (χ4n) is 2.77. The molecule has 1 N–H and O–H groups in total. The van der Waals surface area contributed by atoms with E-state index in [1.54, 1.807) is 35.0 Å². The van der Waals surface area contributed by atoms with E-state index in [2.05, 4.69) is 15.5 Å². The van der Waals surface area contributed by atoms with Crippen molar-refractivity contribution in [1.82, 2.24) is 24.9 Å². The summed E-state index contributed by atoms with van der Waals surface area (Å²) in [7, 11) is 1.51. The Bertz CT molecular complexity index is 1020. The second kappa shape index (κ2) is 7.86. The summed E-state index contributed by atoms with van der Waals surface area (Å²) in [6.45, 7) is 4.31. The van der Waals surface area contributed by atoms with Crippen LogP contribution in [-0.2, 0) is 6.54 Å². The van der Waals surface area contributed by atoms with Gasteiger partial charge in [-0.15, -0.1) is 5.10 Å². The van der Waals surface area contributed by atoms with Gasteiger partial charge < -0.3 is 10.1 Å². The van der Waals surface area contributed by atoms with Crippen LogP contribution in [0.5, 0.6) is 5.75 Å². The number of hydrogen-bond donors (Lipinski definition) is 1. The Kier molecular flexibility index (Phi) is 5.35. The monoisotopic (exact) mass is 367 g/mol. The maximum atomic E-state index is 12.3. The largest absolute Gasteiger partial charge is 0.496 e. The predicted molar refractivity (Wildman–Crippen MR) is 100 cm³/mol. The third-order valence-electron chi connectivity index (χ3n) is 4.04. The first kappa shape index (κ1) is 18.4. The van der Waals surface area contributed by atoms with Crippen molar-refractivity contribution in [3.63, 3.8) is 0 Å². The molecule has 0 aliphatic rings. The molecule has 0 saturated carbocycles. The van der Waals surface area contributed by atoms with Crippen molar-refractivity contribution in [1.29, 1.82) is 0 Å². The predicted octanol–water partition coefficient (Wildman–Crippen LogP) is 1.48. The first-order valence-corrected chi connectivity index (χ1v) is 8.52. The van der Waals surface area contributed by atoms with Crippen LogP contribution in [0.1, 0.15) is 21.7 Å². The van der Waals surface area contributed by atoms with Gasteiger partial charge in [0.2, 0.25) is 0 Å². The minimum Gasteiger partial charge on any atom is -0.496 e. The molecule has 2 heterocycles. The van der Waals surface area contributed by atoms with Crippen molar-refractivity contribution in [2.75, 3.05) is 13.7 Å². The molecule has 0 aliphatic heterocycles. The number of para-hydroxylation sites is 1. The summed E-state index contributed by atoms with van der Waals surface area (Å²) in [5, 5.41) is 11.5. The van der Waals surface area contributed by atoms with Crippen molar-refractivity contribution in [2.24, 2.45) is 0 Å². The van der Waals surface area contributed by atoms with Gasteiger partial charge in [0, 0.05) is 18.3 Å². The molecule has 8 nitrogen and oxygen atoms in total. The summed E-state index contributed by atoms with van der Waals surface area (Å²) in [5.74, 6) is 0.781. The van der Waals surface area contributed by atoms with Gasteiger partial charge in [-0.05, 0) is 38.1 Å². The van der Waals surface area contributed by atoms with Crippen molar-refractivity contribution in [2.45, 2.75) is 20.4 Å². The quantitative estimate of drug-likeness (QED) is 0.713. The number of ether oxygens (including phenoxy) is 1. The minimum absolute atomic E-state index is 0.243. The van der Waals surface area contributed by atoms with Gasteiger partial charge >= 0.3 is 0 Å². The van der Waals surface area contributed by atoms with Gasteiger partial charge in [0.1, 0.15) is 5.75 Å². The number of aryl methyl sites for hydroxylation is 2. The number of methoxy groups -OCH3 is 1. The number of aromatic nitrogens is 4. The van der Waals surface area contributed by atoms with Crippen LogP contribution in [0.2, 0.25) is 0 Å². The minimum atomic E-state index is -0.268. The molecular formula is C19H21N5O3. The van der Waals surface area contributed by atoms with E-state index < -0.39 is 0 Å². The number of carbonyl (C=O) groups is 1. The number of benzene rings is 1. The number of nitrogens with zero attached hydrogens (tertiary/aromatic N) is 4. The highest BCUT2D eigenvalue weighted by molar-refractivity contribution is 5.96. The lowest BCUT2D eigenvalue weighted by Gasteiger charge is -2.10. The van der Waals surface area contributed by atoms with Crippen molar-refractivity contribution in [3.8, 4) is 11.6 Å². The molecule has 0 aliphatic carbocycles. The molecule has 140 valence electrons. The third-order valence-corrected chi connectivity index (χ3v) is 4.04. The molecule has 1 amide bonds. The number of hydrogen-bond acceptors (Lipinski definition) is 5. The zero-order valence-corrected chi connectivity index (χ0v) is 15.5.